The minimum absolute atomic E-state index is 0.735. The van der Waals surface area contributed by atoms with Crippen molar-refractivity contribution < 1.29 is 27.8 Å². The van der Waals surface area contributed by atoms with Crippen molar-refractivity contribution in [3.05, 3.63) is 191 Å². The average molecular weight is 1260 g/mol. The van der Waals surface area contributed by atoms with Crippen molar-refractivity contribution in [3.63, 3.8) is 0 Å². The van der Waals surface area contributed by atoms with Gasteiger partial charge in [-0.05, 0) is 216 Å². The number of ether oxygens (including phenoxy) is 4. The fourth-order valence-electron chi connectivity index (χ4n) is 14.2. The molecular formula is C88H104O6. The maximum absolute atomic E-state index is 6.39. The summed E-state index contributed by atoms with van der Waals surface area (Å²) < 4.78 is 37.6. The Balaban J connectivity index is 0.000000231. The third-order valence-corrected chi connectivity index (χ3v) is 19.6. The third kappa shape index (κ3) is 17.5. The van der Waals surface area contributed by atoms with Gasteiger partial charge in [0.15, 0.2) is 0 Å². The van der Waals surface area contributed by atoms with Gasteiger partial charge in [0, 0.05) is 21.5 Å². The Hall–Kier alpha value is -7.96. The number of fused-ring (bicyclic) bond motifs is 10. The van der Waals surface area contributed by atoms with Gasteiger partial charge in [0.25, 0.3) is 0 Å². The van der Waals surface area contributed by atoms with Gasteiger partial charge in [-0.25, -0.2) is 0 Å². The Kier molecular flexibility index (Phi) is 24.7. The first-order valence-electron chi connectivity index (χ1n) is 36.5. The lowest BCUT2D eigenvalue weighted by Gasteiger charge is -2.12. The molecule has 0 spiro atoms. The van der Waals surface area contributed by atoms with E-state index in [0.29, 0.717) is 0 Å². The molecule has 6 heteroatoms. The molecule has 2 aromatic heterocycles. The van der Waals surface area contributed by atoms with Crippen LogP contribution in [-0.4, -0.2) is 26.4 Å². The second-order valence-corrected chi connectivity index (χ2v) is 26.9. The maximum Gasteiger partial charge on any atom is 0.135 e. The van der Waals surface area contributed by atoms with E-state index in [0.717, 1.165) is 154 Å². The molecule has 0 atom stereocenters. The van der Waals surface area contributed by atoms with E-state index in [-0.39, 0.29) is 0 Å². The lowest BCUT2D eigenvalue weighted by atomic mass is 9.93. The zero-order chi connectivity index (χ0) is 64.9. The van der Waals surface area contributed by atoms with Gasteiger partial charge in [-0.2, -0.15) is 0 Å². The lowest BCUT2D eigenvalue weighted by molar-refractivity contribution is 0.302. The van der Waals surface area contributed by atoms with Crippen molar-refractivity contribution in [2.75, 3.05) is 26.4 Å². The second kappa shape index (κ2) is 34.4. The number of aryl methyl sites for hydroxylation is 6. The minimum atomic E-state index is 0.735. The molecule has 10 aromatic carbocycles. The van der Waals surface area contributed by atoms with Crippen LogP contribution in [-0.2, 0) is 12.8 Å². The van der Waals surface area contributed by atoms with Crippen molar-refractivity contribution in [2.45, 2.75) is 208 Å². The van der Waals surface area contributed by atoms with E-state index in [4.69, 9.17) is 27.8 Å². The largest absolute Gasteiger partial charge is 0.493 e. The molecule has 0 aliphatic rings. The van der Waals surface area contributed by atoms with E-state index in [1.54, 1.807) is 0 Å². The molecule has 2 heterocycles. The van der Waals surface area contributed by atoms with Gasteiger partial charge in [-0.1, -0.05) is 226 Å². The molecule has 0 saturated heterocycles. The van der Waals surface area contributed by atoms with E-state index in [2.05, 4.69) is 199 Å². The first-order chi connectivity index (χ1) is 46.2. The topological polar surface area (TPSA) is 63.2 Å². The Labute approximate surface area is 560 Å². The predicted octanol–water partition coefficient (Wildman–Crippen LogP) is 26.4. The Bertz CT molecular complexity index is 4000. The number of furan rings is 2. The van der Waals surface area contributed by atoms with Crippen LogP contribution in [0, 0.1) is 27.7 Å². The summed E-state index contributed by atoms with van der Waals surface area (Å²) in [6, 6.07) is 57.2. The SMILES string of the molecule is CCCCCCCCOc1cc2c(cc1C)oc1cc(C)c(OCCCCCCCC)cc12.Cc1cc2oc3cc(C)c(OCCCCCCCCc4c5ccccc5cc5ccccc45)cc3c2cc1OCCCCCCCCc1c2ccccc2cc2ccccc12. The summed E-state index contributed by atoms with van der Waals surface area (Å²) in [6.45, 7) is 16.0. The number of hydrogen-bond donors (Lipinski definition) is 0. The van der Waals surface area contributed by atoms with Crippen LogP contribution in [0.5, 0.6) is 23.0 Å². The molecule has 0 N–H and O–H groups in total. The quantitative estimate of drug-likeness (QED) is 0.0288. The Morgan fingerprint density at radius 2 is 0.479 bits per heavy atom. The fraction of sp³-hybridized carbons (Fsp3) is 0.409. The van der Waals surface area contributed by atoms with Gasteiger partial charge < -0.3 is 27.8 Å². The van der Waals surface area contributed by atoms with Crippen LogP contribution in [0.3, 0.4) is 0 Å². The summed E-state index contributed by atoms with van der Waals surface area (Å²) in [5.74, 6) is 3.83. The summed E-state index contributed by atoms with van der Waals surface area (Å²) in [5.41, 5.74) is 11.1. The first-order valence-corrected chi connectivity index (χ1v) is 36.5. The van der Waals surface area contributed by atoms with Crippen molar-refractivity contribution in [1.29, 1.82) is 0 Å². The van der Waals surface area contributed by atoms with Crippen LogP contribution < -0.4 is 18.9 Å². The van der Waals surface area contributed by atoms with E-state index in [1.165, 1.54) is 183 Å². The summed E-state index contributed by atoms with van der Waals surface area (Å²) in [4.78, 5) is 0. The van der Waals surface area contributed by atoms with Crippen molar-refractivity contribution in [3.8, 4) is 23.0 Å². The van der Waals surface area contributed by atoms with Gasteiger partial charge in [-0.15, -0.1) is 0 Å². The summed E-state index contributed by atoms with van der Waals surface area (Å²) >= 11 is 0. The normalized spacial score (nSPS) is 11.7. The highest BCUT2D eigenvalue weighted by Crippen LogP contribution is 2.40. The third-order valence-electron chi connectivity index (χ3n) is 19.6. The van der Waals surface area contributed by atoms with Gasteiger partial charge in [0.1, 0.15) is 45.3 Å². The number of hydrogen-bond acceptors (Lipinski definition) is 6. The highest BCUT2D eigenvalue weighted by Gasteiger charge is 2.17. The number of unbranched alkanes of at least 4 members (excludes halogenated alkanes) is 20. The van der Waals surface area contributed by atoms with E-state index in [1.807, 2.05) is 0 Å². The molecule has 0 bridgehead atoms. The monoisotopic (exact) mass is 1260 g/mol. The van der Waals surface area contributed by atoms with Crippen LogP contribution in [0.2, 0.25) is 0 Å². The van der Waals surface area contributed by atoms with Gasteiger partial charge in [0.2, 0.25) is 0 Å². The minimum Gasteiger partial charge on any atom is -0.493 e. The van der Waals surface area contributed by atoms with E-state index >= 15 is 0 Å². The van der Waals surface area contributed by atoms with E-state index in [9.17, 15) is 0 Å². The van der Waals surface area contributed by atoms with Crippen LogP contribution in [0.1, 0.15) is 201 Å². The molecule has 0 radical (unpaired) electrons. The fourth-order valence-corrected chi connectivity index (χ4v) is 14.2. The van der Waals surface area contributed by atoms with Gasteiger partial charge >= 0.3 is 0 Å². The zero-order valence-corrected chi connectivity index (χ0v) is 57.7. The van der Waals surface area contributed by atoms with Gasteiger partial charge in [-0.3, -0.25) is 0 Å². The Morgan fingerprint density at radius 1 is 0.245 bits per heavy atom. The van der Waals surface area contributed by atoms with E-state index < -0.39 is 0 Å². The maximum atomic E-state index is 6.39. The van der Waals surface area contributed by atoms with Crippen LogP contribution in [0.4, 0.5) is 0 Å². The standard InChI is InChI=1S/C58H60O3.C30H44O3/c1-41-35-57-53(39-55(41)59-33-21-9-5-3-7-11-31-51-47-27-17-13-23-43(47)37-44-24-14-18-28-48(44)51)54-40-56(42(2)36-58(54)61-57)60-34-22-10-6-4-8-12-32-52-49-29-19-15-25-45(49)38-46-26-16-20-30-50(46)52;1-5-7-9-11-13-15-17-31-27-21-25-26-22-28(32-18-16-14-12-10-8-6-2)24(4)20-30(26)33-29(25)19-23(27)3/h13-20,23-30,35-40H,3-12,21-22,31-34H2,1-2H3;19-22H,5-18H2,1-4H3. The lowest BCUT2D eigenvalue weighted by Crippen LogP contribution is -1.99. The molecule has 6 nitrogen and oxygen atoms in total. The van der Waals surface area contributed by atoms with Crippen LogP contribution >= 0.6 is 0 Å². The summed E-state index contributed by atoms with van der Waals surface area (Å²) in [6.07, 6.45) is 32.1. The Morgan fingerprint density at radius 3 is 0.745 bits per heavy atom. The number of benzene rings is 10. The molecule has 94 heavy (non-hydrogen) atoms. The number of rotatable bonds is 36. The molecule has 0 aliphatic carbocycles. The second-order valence-electron chi connectivity index (χ2n) is 26.9. The molecule has 0 saturated carbocycles. The van der Waals surface area contributed by atoms with Crippen molar-refractivity contribution in [1.82, 2.24) is 0 Å². The average Bonchev–Trinajstić information content (AvgIpc) is 1.46. The molecule has 12 rings (SSSR count). The van der Waals surface area contributed by atoms with Crippen LogP contribution in [0.25, 0.3) is 87.0 Å². The van der Waals surface area contributed by atoms with Gasteiger partial charge in [0.05, 0.1) is 26.4 Å². The first kappa shape index (κ1) is 67.5. The predicted molar refractivity (Wildman–Crippen MR) is 401 cm³/mol. The highest BCUT2D eigenvalue weighted by molar-refractivity contribution is 6.08. The summed E-state index contributed by atoms with van der Waals surface area (Å²) in [5, 5.41) is 15.4. The van der Waals surface area contributed by atoms with Crippen LogP contribution in [0.15, 0.2) is 167 Å². The highest BCUT2D eigenvalue weighted by atomic mass is 16.5. The van der Waals surface area contributed by atoms with Crippen molar-refractivity contribution >= 4 is 87.0 Å². The molecule has 12 aromatic rings. The molecular weight excluding hydrogens is 1150 g/mol. The molecule has 0 aliphatic heterocycles. The smallest absolute Gasteiger partial charge is 0.135 e. The molecule has 0 unspecified atom stereocenters. The van der Waals surface area contributed by atoms with Crippen molar-refractivity contribution in [2.24, 2.45) is 0 Å². The molecule has 0 amide bonds. The zero-order valence-electron chi connectivity index (χ0n) is 57.7. The summed E-state index contributed by atoms with van der Waals surface area (Å²) in [7, 11) is 0. The molecule has 0 fully saturated rings. The molecule has 492 valence electrons.